The molecule has 5 heteroatoms. The minimum absolute atomic E-state index is 0.849. The minimum atomic E-state index is 0.849. The highest BCUT2D eigenvalue weighted by Crippen LogP contribution is 2.28. The maximum Gasteiger partial charge on any atom is 0.143 e. The maximum atomic E-state index is 4.71. The van der Waals surface area contributed by atoms with Crippen LogP contribution < -0.4 is 5.32 Å². The third-order valence-corrected chi connectivity index (χ3v) is 4.51. The van der Waals surface area contributed by atoms with Gasteiger partial charge in [0.15, 0.2) is 0 Å². The highest BCUT2D eigenvalue weighted by molar-refractivity contribution is 14.1. The molecular weight excluding hydrogens is 369 g/mol. The van der Waals surface area contributed by atoms with Crippen molar-refractivity contribution in [3.63, 3.8) is 0 Å². The van der Waals surface area contributed by atoms with E-state index in [9.17, 15) is 0 Å². The molecule has 0 saturated carbocycles. The lowest BCUT2D eigenvalue weighted by molar-refractivity contribution is 1.03. The summed E-state index contributed by atoms with van der Waals surface area (Å²) >= 11 is 4.14. The molecule has 2 rings (SSSR count). The van der Waals surface area contributed by atoms with Gasteiger partial charge in [-0.2, -0.15) is 11.8 Å². The van der Waals surface area contributed by atoms with E-state index in [1.807, 2.05) is 37.0 Å². The van der Waals surface area contributed by atoms with Crippen LogP contribution in [0.5, 0.6) is 0 Å². The van der Waals surface area contributed by atoms with Crippen LogP contribution in [0.25, 0.3) is 11.3 Å². The van der Waals surface area contributed by atoms with Crippen LogP contribution in [0.15, 0.2) is 30.3 Å². The number of halogens is 1. The number of anilines is 1. The molecule has 0 atom stereocenters. The molecule has 100 valence electrons. The molecule has 19 heavy (non-hydrogen) atoms. The number of aromatic nitrogens is 2. The third-order valence-electron chi connectivity index (χ3n) is 2.62. The van der Waals surface area contributed by atoms with E-state index in [1.54, 1.807) is 0 Å². The van der Waals surface area contributed by atoms with Crippen LogP contribution in [0.3, 0.4) is 0 Å². The Hall–Kier alpha value is -0.820. The monoisotopic (exact) mass is 385 g/mol. The molecule has 0 aliphatic heterocycles. The summed E-state index contributed by atoms with van der Waals surface area (Å²) in [4.78, 5) is 9.27. The molecule has 3 nitrogen and oxygen atoms in total. The van der Waals surface area contributed by atoms with Crippen molar-refractivity contribution in [1.29, 1.82) is 0 Å². The Balaban J connectivity index is 2.46. The summed E-state index contributed by atoms with van der Waals surface area (Å²) in [6, 6.07) is 10.3. The van der Waals surface area contributed by atoms with E-state index < -0.39 is 0 Å². The molecule has 1 aromatic heterocycles. The van der Waals surface area contributed by atoms with Gasteiger partial charge in [-0.3, -0.25) is 0 Å². The summed E-state index contributed by atoms with van der Waals surface area (Å²) in [5, 5.41) is 3.15. The van der Waals surface area contributed by atoms with Gasteiger partial charge < -0.3 is 5.32 Å². The molecule has 0 aliphatic rings. The predicted molar refractivity (Wildman–Crippen MR) is 91.6 cm³/mol. The zero-order valence-electron chi connectivity index (χ0n) is 11.0. The zero-order valence-corrected chi connectivity index (χ0v) is 14.0. The highest BCUT2D eigenvalue weighted by Gasteiger charge is 2.12. The van der Waals surface area contributed by atoms with Crippen molar-refractivity contribution in [3.05, 3.63) is 39.7 Å². The van der Waals surface area contributed by atoms with Crippen LogP contribution >= 0.6 is 34.4 Å². The van der Waals surface area contributed by atoms with Crippen LogP contribution in [-0.4, -0.2) is 22.8 Å². The van der Waals surface area contributed by atoms with Crippen molar-refractivity contribution in [2.45, 2.75) is 12.7 Å². The second kappa shape index (κ2) is 7.09. The van der Waals surface area contributed by atoms with Crippen molar-refractivity contribution in [2.75, 3.05) is 18.1 Å². The van der Waals surface area contributed by atoms with Crippen LogP contribution in [0.4, 0.5) is 5.82 Å². The van der Waals surface area contributed by atoms with Gasteiger partial charge in [-0.15, -0.1) is 0 Å². The molecule has 0 aliphatic carbocycles. The predicted octanol–water partition coefficient (Wildman–Crippen LogP) is 4.04. The Morgan fingerprint density at radius 3 is 2.58 bits per heavy atom. The minimum Gasteiger partial charge on any atom is -0.372 e. The first kappa shape index (κ1) is 14.6. The maximum absolute atomic E-state index is 4.71. The van der Waals surface area contributed by atoms with Crippen LogP contribution in [0, 0.1) is 3.57 Å². The Kier molecular flexibility index (Phi) is 5.45. The summed E-state index contributed by atoms with van der Waals surface area (Å²) < 4.78 is 1.07. The molecule has 0 spiro atoms. The molecule has 1 N–H and O–H groups in total. The van der Waals surface area contributed by atoms with Crippen LogP contribution in [0.1, 0.15) is 12.7 Å². The largest absolute Gasteiger partial charge is 0.372 e. The van der Waals surface area contributed by atoms with Gasteiger partial charge in [0, 0.05) is 12.6 Å². The molecule has 0 amide bonds. The first-order chi connectivity index (χ1) is 9.26. The topological polar surface area (TPSA) is 37.8 Å². The zero-order chi connectivity index (χ0) is 13.7. The van der Waals surface area contributed by atoms with Crippen molar-refractivity contribution < 1.29 is 0 Å². The number of thioether (sulfide) groups is 1. The average molecular weight is 385 g/mol. The molecule has 1 heterocycles. The van der Waals surface area contributed by atoms with E-state index in [-0.39, 0.29) is 0 Å². The number of benzene rings is 1. The molecule has 0 fully saturated rings. The lowest BCUT2D eigenvalue weighted by Crippen LogP contribution is -2.04. The Bertz CT molecular complexity index is 546. The Morgan fingerprint density at radius 1 is 1.21 bits per heavy atom. The number of hydrogen-bond donors (Lipinski definition) is 1. The lowest BCUT2D eigenvalue weighted by atomic mass is 10.1. The normalized spacial score (nSPS) is 10.5. The highest BCUT2D eigenvalue weighted by atomic mass is 127. The second-order valence-electron chi connectivity index (χ2n) is 3.90. The first-order valence-electron chi connectivity index (χ1n) is 6.13. The Morgan fingerprint density at radius 2 is 1.95 bits per heavy atom. The summed E-state index contributed by atoms with van der Waals surface area (Å²) in [6.07, 6.45) is 0. The molecule has 0 saturated heterocycles. The van der Waals surface area contributed by atoms with Crippen molar-refractivity contribution in [2.24, 2.45) is 0 Å². The fourth-order valence-corrected chi connectivity index (χ4v) is 3.04. The smallest absolute Gasteiger partial charge is 0.143 e. The Labute approximate surface area is 131 Å². The average Bonchev–Trinajstić information content (AvgIpc) is 2.47. The summed E-state index contributed by atoms with van der Waals surface area (Å²) in [5.74, 6) is 3.71. The van der Waals surface area contributed by atoms with E-state index in [0.717, 1.165) is 38.0 Å². The van der Waals surface area contributed by atoms with E-state index in [1.165, 1.54) is 0 Å². The van der Waals surface area contributed by atoms with Crippen LogP contribution in [-0.2, 0) is 5.75 Å². The van der Waals surface area contributed by atoms with E-state index in [2.05, 4.69) is 51.9 Å². The van der Waals surface area contributed by atoms with Gasteiger partial charge in [-0.1, -0.05) is 37.3 Å². The van der Waals surface area contributed by atoms with Gasteiger partial charge in [0.05, 0.1) is 15.0 Å². The summed E-state index contributed by atoms with van der Waals surface area (Å²) in [6.45, 7) is 2.15. The van der Waals surface area contributed by atoms with Gasteiger partial charge in [0.2, 0.25) is 0 Å². The second-order valence-corrected chi connectivity index (χ2v) is 6.26. The van der Waals surface area contributed by atoms with Crippen molar-refractivity contribution >= 4 is 40.2 Å². The third kappa shape index (κ3) is 3.60. The number of nitrogens with one attached hydrogen (secondary N) is 1. The molecule has 0 bridgehead atoms. The fourth-order valence-electron chi connectivity index (χ4n) is 1.70. The first-order valence-corrected chi connectivity index (χ1v) is 8.37. The standard InChI is InChI=1S/C14H16IN3S/c1-3-19-9-11-17-13(10-7-5-4-6-8-10)12(15)14(16-2)18-11/h4-8H,3,9H2,1-2H3,(H,16,17,18). The number of rotatable bonds is 5. The van der Waals surface area contributed by atoms with Crippen molar-refractivity contribution in [3.8, 4) is 11.3 Å². The van der Waals surface area contributed by atoms with Gasteiger partial charge in [0.1, 0.15) is 11.6 Å². The lowest BCUT2D eigenvalue weighted by Gasteiger charge is -2.11. The van der Waals surface area contributed by atoms with E-state index in [4.69, 9.17) is 4.98 Å². The quantitative estimate of drug-likeness (QED) is 0.789. The van der Waals surface area contributed by atoms with Gasteiger partial charge >= 0.3 is 0 Å². The molecular formula is C14H16IN3S. The van der Waals surface area contributed by atoms with E-state index >= 15 is 0 Å². The number of hydrogen-bond acceptors (Lipinski definition) is 4. The van der Waals surface area contributed by atoms with Crippen LogP contribution in [0.2, 0.25) is 0 Å². The van der Waals surface area contributed by atoms with E-state index in [0.29, 0.717) is 0 Å². The van der Waals surface area contributed by atoms with Crippen molar-refractivity contribution in [1.82, 2.24) is 9.97 Å². The number of nitrogens with zero attached hydrogens (tertiary/aromatic N) is 2. The van der Waals surface area contributed by atoms with Gasteiger partial charge in [-0.05, 0) is 28.3 Å². The van der Waals surface area contributed by atoms with Gasteiger partial charge in [-0.25, -0.2) is 9.97 Å². The molecule has 0 unspecified atom stereocenters. The fraction of sp³-hybridized carbons (Fsp3) is 0.286. The molecule has 1 aromatic carbocycles. The van der Waals surface area contributed by atoms with Gasteiger partial charge in [0.25, 0.3) is 0 Å². The summed E-state index contributed by atoms with van der Waals surface area (Å²) in [7, 11) is 1.90. The SMILES string of the molecule is CCSCc1nc(NC)c(I)c(-c2ccccc2)n1. The summed E-state index contributed by atoms with van der Waals surface area (Å²) in [5.41, 5.74) is 2.14. The molecule has 0 radical (unpaired) electrons. The molecule has 2 aromatic rings.